The predicted molar refractivity (Wildman–Crippen MR) is 195 cm³/mol. The summed E-state index contributed by atoms with van der Waals surface area (Å²) in [5.74, 6) is 1.99. The highest BCUT2D eigenvalue weighted by Gasteiger charge is 2.18. The van der Waals surface area contributed by atoms with E-state index in [1.807, 2.05) is 26.0 Å². The van der Waals surface area contributed by atoms with Gasteiger partial charge in [0.2, 0.25) is 5.13 Å². The van der Waals surface area contributed by atoms with Crippen molar-refractivity contribution in [2.45, 2.75) is 106 Å². The lowest BCUT2D eigenvalue weighted by molar-refractivity contribution is -0.135. The maximum Gasteiger partial charge on any atom is 0.311 e. The van der Waals surface area contributed by atoms with Crippen molar-refractivity contribution in [2.24, 2.45) is 28.0 Å². The second kappa shape index (κ2) is 19.9. The summed E-state index contributed by atoms with van der Waals surface area (Å²) >= 11 is 1.41. The van der Waals surface area contributed by atoms with E-state index in [0.717, 1.165) is 35.0 Å². The first kappa shape index (κ1) is 37.0. The average molecular weight is 649 g/mol. The van der Waals surface area contributed by atoms with E-state index in [0.29, 0.717) is 29.1 Å². The maximum atomic E-state index is 11.9. The molecule has 2 aromatic carbocycles. The molecule has 8 nitrogen and oxygen atoms in total. The molecule has 252 valence electrons. The molecule has 2 N–H and O–H groups in total. The fourth-order valence-electron chi connectivity index (χ4n) is 5.40. The predicted octanol–water partition coefficient (Wildman–Crippen LogP) is 11.5. The van der Waals surface area contributed by atoms with Crippen LogP contribution in [0, 0.1) is 24.7 Å². The van der Waals surface area contributed by atoms with Crippen LogP contribution in [0.25, 0.3) is 0 Å². The minimum Gasteiger partial charge on any atom is -0.427 e. The van der Waals surface area contributed by atoms with Gasteiger partial charge in [-0.1, -0.05) is 91.4 Å². The number of hydrazine groups is 1. The van der Waals surface area contributed by atoms with Crippen molar-refractivity contribution >= 4 is 44.5 Å². The Morgan fingerprint density at radius 2 is 1.57 bits per heavy atom. The number of aromatic nitrogens is 1. The molecule has 0 fully saturated rings. The molecule has 3 aromatic rings. The summed E-state index contributed by atoms with van der Waals surface area (Å²) < 4.78 is 5.38. The average Bonchev–Trinajstić information content (AvgIpc) is 3.50. The number of azo groups is 1. The summed E-state index contributed by atoms with van der Waals surface area (Å²) in [6, 6.07) is 13.8. The summed E-state index contributed by atoms with van der Waals surface area (Å²) in [5, 5.41) is 10.4. The summed E-state index contributed by atoms with van der Waals surface area (Å²) in [7, 11) is 0. The zero-order valence-corrected chi connectivity index (χ0v) is 30.0. The smallest absolute Gasteiger partial charge is 0.311 e. The van der Waals surface area contributed by atoms with Crippen LogP contribution in [-0.4, -0.2) is 24.0 Å². The lowest BCUT2D eigenvalue weighted by Gasteiger charge is -2.33. The van der Waals surface area contributed by atoms with Gasteiger partial charge in [-0.2, -0.15) is 0 Å². The van der Waals surface area contributed by atoms with Crippen LogP contribution in [0.5, 0.6) is 5.75 Å². The fourth-order valence-corrected chi connectivity index (χ4v) is 6.00. The maximum absolute atomic E-state index is 11.9. The number of benzene rings is 2. The molecule has 1 heterocycles. The van der Waals surface area contributed by atoms with Gasteiger partial charge in [-0.05, 0) is 85.5 Å². The van der Waals surface area contributed by atoms with Crippen molar-refractivity contribution in [3.63, 3.8) is 0 Å². The van der Waals surface area contributed by atoms with Gasteiger partial charge in [-0.3, -0.25) is 10.2 Å². The van der Waals surface area contributed by atoms with Crippen LogP contribution in [0.4, 0.5) is 27.2 Å². The highest BCUT2D eigenvalue weighted by molar-refractivity contribution is 7.19. The molecule has 2 atom stereocenters. The van der Waals surface area contributed by atoms with Crippen LogP contribution in [-0.2, 0) is 4.79 Å². The van der Waals surface area contributed by atoms with Crippen LogP contribution in [0.3, 0.4) is 0 Å². The van der Waals surface area contributed by atoms with E-state index < -0.39 is 0 Å². The molecule has 2 unspecified atom stereocenters. The first-order valence-electron chi connectivity index (χ1n) is 17.3. The quantitative estimate of drug-likeness (QED) is 0.0517. The molecule has 0 radical (unpaired) electrons. The molecule has 0 saturated carbocycles. The molecule has 0 aliphatic rings. The van der Waals surface area contributed by atoms with Gasteiger partial charge in [0.15, 0.2) is 0 Å². The van der Waals surface area contributed by atoms with Crippen molar-refractivity contribution in [3.8, 4) is 5.75 Å². The van der Waals surface area contributed by atoms with Gasteiger partial charge in [-0.25, -0.2) is 4.98 Å². The topological polar surface area (TPSA) is 91.2 Å². The van der Waals surface area contributed by atoms with E-state index in [1.54, 1.807) is 18.3 Å². The number of rotatable bonds is 21. The molecule has 0 saturated heterocycles. The van der Waals surface area contributed by atoms with Gasteiger partial charge in [0.05, 0.1) is 17.6 Å². The van der Waals surface area contributed by atoms with Crippen molar-refractivity contribution in [1.29, 1.82) is 0 Å². The Hall–Kier alpha value is -3.46. The molecule has 1 aromatic heterocycles. The van der Waals surface area contributed by atoms with Crippen molar-refractivity contribution in [1.82, 2.24) is 4.98 Å². The number of carbonyl (C=O) groups is 1. The van der Waals surface area contributed by atoms with E-state index in [-0.39, 0.29) is 11.9 Å². The van der Waals surface area contributed by atoms with Crippen LogP contribution < -0.4 is 20.5 Å². The Balaban J connectivity index is 1.62. The van der Waals surface area contributed by atoms with E-state index in [2.05, 4.69) is 83.8 Å². The Bertz CT molecular complexity index is 1320. The fraction of sp³-hybridized carbons (Fsp3) is 0.568. The number of hydrogen-bond acceptors (Lipinski definition) is 9. The second-order valence-electron chi connectivity index (χ2n) is 12.8. The number of hydrogen-bond donors (Lipinski definition) is 2. The van der Waals surface area contributed by atoms with E-state index in [9.17, 15) is 4.79 Å². The molecule has 0 aliphatic heterocycles. The minimum atomic E-state index is -0.223. The number of nitrogens with one attached hydrogen (secondary N) is 2. The number of thiazole rings is 1. The third kappa shape index (κ3) is 12.7. The highest BCUT2D eigenvalue weighted by Crippen LogP contribution is 2.32. The normalized spacial score (nSPS) is 12.8. The molecule has 46 heavy (non-hydrogen) atoms. The molecule has 0 aliphatic carbocycles. The number of esters is 1. The molecule has 0 amide bonds. The highest BCUT2D eigenvalue weighted by atomic mass is 32.1. The third-order valence-corrected chi connectivity index (χ3v) is 9.11. The number of aryl methyl sites for hydroxylation is 1. The van der Waals surface area contributed by atoms with Crippen molar-refractivity contribution < 1.29 is 9.53 Å². The van der Waals surface area contributed by atoms with Crippen molar-refractivity contribution in [3.05, 3.63) is 54.2 Å². The molecule has 0 spiro atoms. The summed E-state index contributed by atoms with van der Waals surface area (Å²) in [5.41, 5.74) is 10.4. The Labute approximate surface area is 281 Å². The third-order valence-electron chi connectivity index (χ3n) is 8.32. The van der Waals surface area contributed by atoms with Gasteiger partial charge in [0.1, 0.15) is 10.8 Å². The number of ether oxygens (including phenoxy) is 1. The van der Waals surface area contributed by atoms with Crippen LogP contribution >= 0.6 is 11.3 Å². The lowest BCUT2D eigenvalue weighted by Crippen LogP contribution is -2.34. The first-order chi connectivity index (χ1) is 22.2. The summed E-state index contributed by atoms with van der Waals surface area (Å²) in [6.45, 7) is 17.6. The standard InChI is InChI=1S/C37H56N6O2S/c1-8-12-14-29(10-3)25-43(26-30(11-4)15-13-9-2)32-18-21-34(28(7)23-32)40-42-37-38-24-35(46-37)41-39-31-16-19-33(20-17-31)45-36(44)22-27(5)6/h16-21,23-24,27,29-30,39,41H,8-15,22,25-26H2,1-7H3. The largest absolute Gasteiger partial charge is 0.427 e. The number of unbranched alkanes of at least 4 members (excludes halogenated alkanes) is 2. The Kier molecular flexibility index (Phi) is 16.0. The molecule has 0 bridgehead atoms. The second-order valence-corrected chi connectivity index (χ2v) is 13.8. The first-order valence-corrected chi connectivity index (χ1v) is 18.1. The Morgan fingerprint density at radius 1 is 0.913 bits per heavy atom. The molecule has 9 heteroatoms. The summed E-state index contributed by atoms with van der Waals surface area (Å²) in [4.78, 5) is 19.0. The number of anilines is 3. The van der Waals surface area contributed by atoms with E-state index in [4.69, 9.17) is 4.74 Å². The summed E-state index contributed by atoms with van der Waals surface area (Å²) in [6.07, 6.45) is 12.3. The minimum absolute atomic E-state index is 0.223. The lowest BCUT2D eigenvalue weighted by atomic mass is 9.95. The van der Waals surface area contributed by atoms with E-state index in [1.165, 1.54) is 68.4 Å². The van der Waals surface area contributed by atoms with Crippen LogP contribution in [0.1, 0.15) is 105 Å². The number of carbonyl (C=O) groups excluding carboxylic acids is 1. The monoisotopic (exact) mass is 648 g/mol. The van der Waals surface area contributed by atoms with Crippen LogP contribution in [0.15, 0.2) is 58.9 Å². The van der Waals surface area contributed by atoms with Gasteiger partial charge in [0, 0.05) is 25.2 Å². The van der Waals surface area contributed by atoms with Gasteiger partial charge in [0.25, 0.3) is 0 Å². The van der Waals surface area contributed by atoms with Gasteiger partial charge < -0.3 is 15.1 Å². The zero-order valence-electron chi connectivity index (χ0n) is 29.1. The molecule has 3 rings (SSSR count). The Morgan fingerprint density at radius 3 is 2.13 bits per heavy atom. The van der Waals surface area contributed by atoms with Gasteiger partial charge >= 0.3 is 5.97 Å². The SMILES string of the molecule is CCCCC(CC)CN(CC(CC)CCCC)c1ccc(N=Nc2ncc(NNc3ccc(OC(=O)CC(C)C)cc3)s2)c(C)c1. The van der Waals surface area contributed by atoms with Crippen LogP contribution in [0.2, 0.25) is 0 Å². The van der Waals surface area contributed by atoms with Gasteiger partial charge in [-0.15, -0.1) is 10.2 Å². The van der Waals surface area contributed by atoms with Crippen molar-refractivity contribution in [2.75, 3.05) is 28.8 Å². The van der Waals surface area contributed by atoms with E-state index >= 15 is 0 Å². The number of nitrogens with zero attached hydrogens (tertiary/aromatic N) is 4. The zero-order chi connectivity index (χ0) is 33.3. The molecular weight excluding hydrogens is 593 g/mol. The molecular formula is C37H56N6O2S.